The largest absolute Gasteiger partial charge is 0.530 e. The fourth-order valence-electron chi connectivity index (χ4n) is 3.36. The van der Waals surface area contributed by atoms with E-state index in [1.165, 1.54) is 6.07 Å². The van der Waals surface area contributed by atoms with Crippen molar-refractivity contribution in [3.8, 4) is 5.75 Å². The van der Waals surface area contributed by atoms with Gasteiger partial charge in [0.05, 0.1) is 7.98 Å². The molecule has 1 unspecified atom stereocenters. The van der Waals surface area contributed by atoms with Crippen LogP contribution >= 0.6 is 20.0 Å². The van der Waals surface area contributed by atoms with E-state index in [0.717, 1.165) is 11.8 Å². The zero-order chi connectivity index (χ0) is 23.5. The molecule has 31 heavy (non-hydrogen) atoms. The molecule has 3 heterocycles. The molecule has 10 nitrogen and oxygen atoms in total. The van der Waals surface area contributed by atoms with Gasteiger partial charge in [0.1, 0.15) is 29.2 Å². The zero-order valence-electron chi connectivity index (χ0n) is 17.4. The number of phosphoric acid groups is 1. The Morgan fingerprint density at radius 1 is 1.48 bits per heavy atom. The van der Waals surface area contributed by atoms with Gasteiger partial charge in [-0.05, 0) is 25.5 Å². The van der Waals surface area contributed by atoms with Crippen LogP contribution in [0.5, 0.6) is 5.75 Å². The number of alkyl halides is 1. The Morgan fingerprint density at radius 2 is 2.23 bits per heavy atom. The van der Waals surface area contributed by atoms with E-state index in [2.05, 4.69) is 4.98 Å². The number of nitrogens with zero attached hydrogens (tertiary/aromatic N) is 1. The van der Waals surface area contributed by atoms with Gasteiger partial charge >= 0.3 is 13.5 Å². The summed E-state index contributed by atoms with van der Waals surface area (Å²) in [5, 5.41) is 20.5. The molecule has 1 fully saturated rings. The van der Waals surface area contributed by atoms with Gasteiger partial charge in [-0.25, -0.2) is 13.8 Å². The number of aromatic nitrogens is 2. The molecule has 0 spiro atoms. The minimum atomic E-state index is -4.32. The summed E-state index contributed by atoms with van der Waals surface area (Å²) in [6.45, 7) is 2.26. The third-order valence-corrected chi connectivity index (χ3v) is 6.36. The van der Waals surface area contributed by atoms with Crippen molar-refractivity contribution in [2.75, 3.05) is 6.61 Å². The summed E-state index contributed by atoms with van der Waals surface area (Å²) >= 11 is 4.80. The quantitative estimate of drug-likeness (QED) is 0.450. The lowest BCUT2D eigenvalue weighted by Gasteiger charge is -2.29. The fraction of sp³-hybridized carbons (Fsp3) is 0.444. The van der Waals surface area contributed by atoms with Crippen LogP contribution in [0.3, 0.4) is 0 Å². The molecule has 0 bridgehead atoms. The highest BCUT2D eigenvalue weighted by Gasteiger charge is 2.57. The molecule has 2 aromatic rings. The van der Waals surface area contributed by atoms with Gasteiger partial charge in [0.15, 0.2) is 6.20 Å². The molecule has 0 saturated carbocycles. The maximum absolute atomic E-state index is 15.4. The highest BCUT2D eigenvalue weighted by Crippen LogP contribution is 2.56. The number of benzene rings is 1. The standard InChI is InChI=1S/C18H20FN2O8PS/c1-9-5-10(2)14-11(6-9)7-26-30(25,29-14)27-8-18(19)15(23)13(22)16(28-18)21-4-3-12(31)20-17(21)24/h3-6,13,15-16,22-23H,7-8H2,1-2H3,(H,20,24,31)/t13-,15+,16-,18-,30?/m1/s1/i16D. The minimum Gasteiger partial charge on any atom is -0.403 e. The molecule has 1 aromatic heterocycles. The van der Waals surface area contributed by atoms with Crippen LogP contribution in [-0.2, 0) is 25.0 Å². The van der Waals surface area contributed by atoms with Crippen LogP contribution in [0.15, 0.2) is 29.2 Å². The highest BCUT2D eigenvalue weighted by molar-refractivity contribution is 7.71. The van der Waals surface area contributed by atoms with Gasteiger partial charge in [0.2, 0.25) is 0 Å². The number of nitrogens with one attached hydrogen (secondary N) is 1. The molecular formula is C18H20FN2O8PS. The maximum Gasteiger partial charge on any atom is 0.530 e. The Labute approximate surface area is 182 Å². The monoisotopic (exact) mass is 475 g/mol. The van der Waals surface area contributed by atoms with Crippen LogP contribution in [-0.4, -0.2) is 44.4 Å². The van der Waals surface area contributed by atoms with Gasteiger partial charge in [-0.15, -0.1) is 0 Å². The van der Waals surface area contributed by atoms with Crippen LogP contribution in [0.1, 0.15) is 24.3 Å². The number of fused-ring (bicyclic) bond motifs is 1. The number of phosphoric ester groups is 1. The van der Waals surface area contributed by atoms with Gasteiger partial charge in [-0.1, -0.05) is 29.9 Å². The van der Waals surface area contributed by atoms with Crippen molar-refractivity contribution in [2.45, 2.75) is 44.7 Å². The first-order valence-corrected chi connectivity index (χ1v) is 11.0. The summed E-state index contributed by atoms with van der Waals surface area (Å²) in [4.78, 5) is 14.3. The Kier molecular flexibility index (Phi) is 5.33. The average Bonchev–Trinajstić information content (AvgIpc) is 2.88. The number of rotatable bonds is 4. The number of aromatic amines is 1. The topological polar surface area (TPSA) is 132 Å². The second-order valence-electron chi connectivity index (χ2n) is 7.25. The lowest BCUT2D eigenvalue weighted by atomic mass is 10.1. The first-order chi connectivity index (χ1) is 14.9. The SMILES string of the molecule is [2H][C@@]1(n2ccc(=S)[nH]c2=O)O[C@](F)(COP2(=O)OCc3cc(C)cc(C)c3O2)[C@@H](O)[C@H]1O. The number of hydrogen-bond donors (Lipinski definition) is 3. The van der Waals surface area contributed by atoms with E-state index in [0.29, 0.717) is 15.7 Å². The molecule has 3 N–H and O–H groups in total. The van der Waals surface area contributed by atoms with Crippen LogP contribution in [0.4, 0.5) is 4.39 Å². The highest BCUT2D eigenvalue weighted by atomic mass is 32.1. The van der Waals surface area contributed by atoms with E-state index in [4.69, 9.17) is 31.9 Å². The molecule has 2 aliphatic rings. The van der Waals surface area contributed by atoms with Crippen molar-refractivity contribution < 1.29 is 38.8 Å². The second-order valence-corrected chi connectivity index (χ2v) is 9.28. The van der Waals surface area contributed by atoms with Crippen LogP contribution in [0.2, 0.25) is 0 Å². The van der Waals surface area contributed by atoms with Crippen LogP contribution in [0.25, 0.3) is 0 Å². The smallest absolute Gasteiger partial charge is 0.403 e. The molecule has 1 saturated heterocycles. The van der Waals surface area contributed by atoms with Crippen molar-refractivity contribution in [3.63, 3.8) is 0 Å². The number of H-pyrrole nitrogens is 1. The van der Waals surface area contributed by atoms with Crippen LogP contribution in [0, 0.1) is 18.5 Å². The van der Waals surface area contributed by atoms with E-state index < -0.39 is 44.4 Å². The summed E-state index contributed by atoms with van der Waals surface area (Å²) in [6, 6.07) is 4.79. The summed E-state index contributed by atoms with van der Waals surface area (Å²) in [5.74, 6) is -2.95. The number of ether oxygens (including phenoxy) is 1. The fourth-order valence-corrected chi connectivity index (χ4v) is 4.80. The number of aliphatic hydroxyl groups excluding tert-OH is 2. The Hall–Kier alpha value is -1.92. The van der Waals surface area contributed by atoms with Gasteiger partial charge in [-0.3, -0.25) is 18.6 Å². The van der Waals surface area contributed by atoms with Gasteiger partial charge in [-0.2, -0.15) is 0 Å². The maximum atomic E-state index is 15.4. The third-order valence-electron chi connectivity index (χ3n) is 4.83. The molecule has 168 valence electrons. The average molecular weight is 475 g/mol. The minimum absolute atomic E-state index is 0.0354. The number of hydrogen-bond acceptors (Lipinski definition) is 9. The van der Waals surface area contributed by atoms with Crippen molar-refractivity contribution in [2.24, 2.45) is 0 Å². The predicted molar refractivity (Wildman–Crippen MR) is 107 cm³/mol. The summed E-state index contributed by atoms with van der Waals surface area (Å²) < 4.78 is 57.7. The van der Waals surface area contributed by atoms with Gasteiger partial charge in [0.25, 0.3) is 5.85 Å². The number of halogens is 1. The predicted octanol–water partition coefficient (Wildman–Crippen LogP) is 2.17. The van der Waals surface area contributed by atoms with E-state index >= 15 is 4.39 Å². The Bertz CT molecular complexity index is 1240. The van der Waals surface area contributed by atoms with Crippen molar-refractivity contribution >= 4 is 20.0 Å². The first-order valence-electron chi connectivity index (χ1n) is 9.63. The van der Waals surface area contributed by atoms with Crippen LogP contribution < -0.4 is 10.2 Å². The second kappa shape index (κ2) is 7.89. The van der Waals surface area contributed by atoms with E-state index in [-0.39, 0.29) is 17.0 Å². The third kappa shape index (κ3) is 4.12. The molecule has 2 aliphatic heterocycles. The zero-order valence-corrected chi connectivity index (χ0v) is 18.1. The molecule has 1 aromatic carbocycles. The van der Waals surface area contributed by atoms with E-state index in [1.54, 1.807) is 19.1 Å². The molecule has 4 rings (SSSR count). The molecule has 5 atom stereocenters. The molecule has 0 amide bonds. The molecular weight excluding hydrogens is 454 g/mol. The number of aryl methyl sites for hydroxylation is 2. The van der Waals surface area contributed by atoms with Crippen molar-refractivity contribution in [3.05, 3.63) is 56.2 Å². The lowest BCUT2D eigenvalue weighted by molar-refractivity contribution is -0.205. The Balaban J connectivity index is 1.56. The van der Waals surface area contributed by atoms with E-state index in [1.807, 2.05) is 6.92 Å². The molecule has 0 radical (unpaired) electrons. The van der Waals surface area contributed by atoms with Gasteiger partial charge < -0.3 is 19.5 Å². The van der Waals surface area contributed by atoms with Crippen molar-refractivity contribution in [1.82, 2.24) is 9.55 Å². The normalized spacial score (nSPS) is 35.3. The molecule has 0 aliphatic carbocycles. The first kappa shape index (κ1) is 21.0. The summed E-state index contributed by atoms with van der Waals surface area (Å²) in [6.07, 6.45) is -6.30. The molecule has 13 heteroatoms. The van der Waals surface area contributed by atoms with Gasteiger partial charge in [0, 0.05) is 11.8 Å². The summed E-state index contributed by atoms with van der Waals surface area (Å²) in [5.41, 5.74) is 1.26. The lowest BCUT2D eigenvalue weighted by Crippen LogP contribution is -2.43. The summed E-state index contributed by atoms with van der Waals surface area (Å²) in [7, 11) is -4.32. The van der Waals surface area contributed by atoms with Crippen molar-refractivity contribution in [1.29, 1.82) is 0 Å². The Morgan fingerprint density at radius 3 is 2.94 bits per heavy atom. The van der Waals surface area contributed by atoms with E-state index in [9.17, 15) is 19.6 Å². The number of aliphatic hydroxyl groups is 2.